The van der Waals surface area contributed by atoms with Gasteiger partial charge in [-0.2, -0.15) is 0 Å². The first kappa shape index (κ1) is 13.6. The van der Waals surface area contributed by atoms with Crippen LogP contribution in [0.25, 0.3) is 0 Å². The monoisotopic (exact) mass is 250 g/mol. The molecule has 3 heteroatoms. The van der Waals surface area contributed by atoms with Crippen molar-refractivity contribution < 1.29 is 4.42 Å². The van der Waals surface area contributed by atoms with Crippen molar-refractivity contribution in [2.24, 2.45) is 0 Å². The normalized spacial score (nSPS) is 20.8. The second-order valence-corrected chi connectivity index (χ2v) is 5.41. The van der Waals surface area contributed by atoms with E-state index in [-0.39, 0.29) is 0 Å². The number of furan rings is 1. The molecule has 1 aliphatic heterocycles. The molecule has 0 spiro atoms. The van der Waals surface area contributed by atoms with Crippen molar-refractivity contribution in [2.75, 3.05) is 19.6 Å². The Hall–Kier alpha value is -0.800. The van der Waals surface area contributed by atoms with E-state index < -0.39 is 0 Å². The minimum Gasteiger partial charge on any atom is -0.468 e. The predicted octanol–water partition coefficient (Wildman–Crippen LogP) is 3.19. The Morgan fingerprint density at radius 3 is 2.72 bits per heavy atom. The van der Waals surface area contributed by atoms with Gasteiger partial charge in [-0.15, -0.1) is 0 Å². The Morgan fingerprint density at radius 1 is 1.33 bits per heavy atom. The van der Waals surface area contributed by atoms with Gasteiger partial charge in [0.15, 0.2) is 0 Å². The number of piperidine rings is 1. The zero-order valence-electron chi connectivity index (χ0n) is 11.7. The molecular formula is C15H26N2O. The van der Waals surface area contributed by atoms with E-state index in [1.807, 2.05) is 6.07 Å². The lowest BCUT2D eigenvalue weighted by Gasteiger charge is -2.30. The molecule has 0 radical (unpaired) electrons. The summed E-state index contributed by atoms with van der Waals surface area (Å²) in [6.45, 7) is 8.17. The van der Waals surface area contributed by atoms with Gasteiger partial charge >= 0.3 is 0 Å². The standard InChI is InChI=1S/C15H26N2O/c1-3-14(15-8-7-11-18-15)16-13(2)12-17-9-5-4-6-10-17/h7-8,11,13-14,16H,3-6,9-10,12H2,1-2H3. The molecule has 0 aliphatic carbocycles. The van der Waals surface area contributed by atoms with E-state index in [2.05, 4.69) is 30.1 Å². The zero-order valence-corrected chi connectivity index (χ0v) is 11.7. The Balaban J connectivity index is 1.79. The van der Waals surface area contributed by atoms with Crippen LogP contribution in [0.15, 0.2) is 22.8 Å². The van der Waals surface area contributed by atoms with Crippen LogP contribution in [0.4, 0.5) is 0 Å². The molecule has 102 valence electrons. The molecule has 2 heterocycles. The number of nitrogens with zero attached hydrogens (tertiary/aromatic N) is 1. The number of nitrogens with one attached hydrogen (secondary N) is 1. The highest BCUT2D eigenvalue weighted by atomic mass is 16.3. The van der Waals surface area contributed by atoms with E-state index in [1.54, 1.807) is 6.26 Å². The Labute approximate surface area is 111 Å². The van der Waals surface area contributed by atoms with Gasteiger partial charge in [0.25, 0.3) is 0 Å². The van der Waals surface area contributed by atoms with Gasteiger partial charge in [-0.3, -0.25) is 0 Å². The SMILES string of the molecule is CCC(NC(C)CN1CCCCC1)c1ccco1. The fourth-order valence-corrected chi connectivity index (χ4v) is 2.82. The maximum Gasteiger partial charge on any atom is 0.120 e. The molecule has 1 aromatic rings. The van der Waals surface area contributed by atoms with Crippen LogP contribution in [0.1, 0.15) is 51.3 Å². The van der Waals surface area contributed by atoms with Crippen molar-refractivity contribution in [2.45, 2.75) is 51.6 Å². The number of hydrogen-bond acceptors (Lipinski definition) is 3. The minimum absolute atomic E-state index is 0.347. The van der Waals surface area contributed by atoms with E-state index in [4.69, 9.17) is 4.42 Å². The van der Waals surface area contributed by atoms with E-state index in [9.17, 15) is 0 Å². The molecule has 18 heavy (non-hydrogen) atoms. The first-order valence-electron chi connectivity index (χ1n) is 7.31. The molecule has 2 unspecified atom stereocenters. The Bertz CT molecular complexity index is 317. The Kier molecular flexibility index (Phi) is 5.26. The largest absolute Gasteiger partial charge is 0.468 e. The van der Waals surface area contributed by atoms with Gasteiger partial charge in [-0.05, 0) is 51.4 Å². The summed E-state index contributed by atoms with van der Waals surface area (Å²) < 4.78 is 5.50. The number of hydrogen-bond donors (Lipinski definition) is 1. The van der Waals surface area contributed by atoms with Crippen LogP contribution in [0.3, 0.4) is 0 Å². The third kappa shape index (κ3) is 3.85. The van der Waals surface area contributed by atoms with Gasteiger partial charge in [-0.1, -0.05) is 13.3 Å². The smallest absolute Gasteiger partial charge is 0.120 e. The van der Waals surface area contributed by atoms with Crippen LogP contribution in [0.5, 0.6) is 0 Å². The number of likely N-dealkylation sites (tertiary alicyclic amines) is 1. The highest BCUT2D eigenvalue weighted by Crippen LogP contribution is 2.18. The van der Waals surface area contributed by atoms with Crippen LogP contribution < -0.4 is 5.32 Å². The lowest BCUT2D eigenvalue weighted by atomic mass is 10.1. The molecule has 1 fully saturated rings. The predicted molar refractivity (Wildman–Crippen MR) is 74.6 cm³/mol. The second-order valence-electron chi connectivity index (χ2n) is 5.41. The summed E-state index contributed by atoms with van der Waals surface area (Å²) in [6, 6.07) is 4.89. The molecule has 2 atom stereocenters. The molecule has 0 amide bonds. The van der Waals surface area contributed by atoms with Crippen molar-refractivity contribution >= 4 is 0 Å². The number of rotatable bonds is 6. The zero-order chi connectivity index (χ0) is 12.8. The summed E-state index contributed by atoms with van der Waals surface area (Å²) in [5.74, 6) is 1.06. The first-order chi connectivity index (χ1) is 8.79. The van der Waals surface area contributed by atoms with E-state index >= 15 is 0 Å². The molecule has 1 saturated heterocycles. The van der Waals surface area contributed by atoms with Crippen molar-refractivity contribution in [3.8, 4) is 0 Å². The van der Waals surface area contributed by atoms with E-state index in [0.29, 0.717) is 12.1 Å². The van der Waals surface area contributed by atoms with Crippen LogP contribution in [-0.2, 0) is 0 Å². The Morgan fingerprint density at radius 2 is 2.11 bits per heavy atom. The van der Waals surface area contributed by atoms with Crippen molar-refractivity contribution in [3.05, 3.63) is 24.2 Å². The van der Waals surface area contributed by atoms with Crippen LogP contribution in [0, 0.1) is 0 Å². The van der Waals surface area contributed by atoms with Gasteiger partial charge in [-0.25, -0.2) is 0 Å². The molecule has 0 bridgehead atoms. The van der Waals surface area contributed by atoms with Gasteiger partial charge in [0.1, 0.15) is 5.76 Å². The first-order valence-corrected chi connectivity index (χ1v) is 7.31. The molecule has 1 aliphatic rings. The summed E-state index contributed by atoms with van der Waals surface area (Å²) in [5, 5.41) is 3.68. The molecular weight excluding hydrogens is 224 g/mol. The summed E-state index contributed by atoms with van der Waals surface area (Å²) >= 11 is 0. The lowest BCUT2D eigenvalue weighted by Crippen LogP contribution is -2.42. The van der Waals surface area contributed by atoms with Gasteiger partial charge in [0.05, 0.1) is 12.3 Å². The van der Waals surface area contributed by atoms with Gasteiger partial charge < -0.3 is 14.6 Å². The fourth-order valence-electron chi connectivity index (χ4n) is 2.82. The maximum absolute atomic E-state index is 5.50. The summed E-state index contributed by atoms with van der Waals surface area (Å²) in [6.07, 6.45) is 6.96. The molecule has 3 nitrogen and oxygen atoms in total. The minimum atomic E-state index is 0.347. The van der Waals surface area contributed by atoms with Crippen LogP contribution in [-0.4, -0.2) is 30.6 Å². The molecule has 1 aromatic heterocycles. The average Bonchev–Trinajstić information content (AvgIpc) is 2.91. The summed E-state index contributed by atoms with van der Waals surface area (Å²) in [4.78, 5) is 2.58. The maximum atomic E-state index is 5.50. The van der Waals surface area contributed by atoms with Gasteiger partial charge in [0, 0.05) is 12.6 Å². The topological polar surface area (TPSA) is 28.4 Å². The molecule has 0 saturated carbocycles. The highest BCUT2D eigenvalue weighted by molar-refractivity contribution is 5.04. The summed E-state index contributed by atoms with van der Waals surface area (Å²) in [5.41, 5.74) is 0. The van der Waals surface area contributed by atoms with Crippen molar-refractivity contribution in [1.29, 1.82) is 0 Å². The highest BCUT2D eigenvalue weighted by Gasteiger charge is 2.18. The third-order valence-electron chi connectivity index (χ3n) is 3.76. The molecule has 0 aromatic carbocycles. The molecule has 2 rings (SSSR count). The van der Waals surface area contributed by atoms with Gasteiger partial charge in [0.2, 0.25) is 0 Å². The van der Waals surface area contributed by atoms with E-state index in [1.165, 1.54) is 32.4 Å². The van der Waals surface area contributed by atoms with Crippen LogP contribution >= 0.6 is 0 Å². The quantitative estimate of drug-likeness (QED) is 0.840. The van der Waals surface area contributed by atoms with Crippen LogP contribution in [0.2, 0.25) is 0 Å². The fraction of sp³-hybridized carbons (Fsp3) is 0.733. The average molecular weight is 250 g/mol. The molecule has 1 N–H and O–H groups in total. The second kappa shape index (κ2) is 6.95. The summed E-state index contributed by atoms with van der Waals surface area (Å²) in [7, 11) is 0. The van der Waals surface area contributed by atoms with Crippen molar-refractivity contribution in [3.63, 3.8) is 0 Å². The third-order valence-corrected chi connectivity index (χ3v) is 3.76. The van der Waals surface area contributed by atoms with E-state index in [0.717, 1.165) is 18.7 Å². The lowest BCUT2D eigenvalue weighted by molar-refractivity contribution is 0.201. The van der Waals surface area contributed by atoms with Crippen molar-refractivity contribution in [1.82, 2.24) is 10.2 Å².